The van der Waals surface area contributed by atoms with Gasteiger partial charge >= 0.3 is 0 Å². The highest BCUT2D eigenvalue weighted by Crippen LogP contribution is 2.27. The van der Waals surface area contributed by atoms with Crippen molar-refractivity contribution in [2.24, 2.45) is 0 Å². The van der Waals surface area contributed by atoms with Gasteiger partial charge in [-0.3, -0.25) is 4.98 Å². The second kappa shape index (κ2) is 4.45. The molecule has 1 aromatic rings. The van der Waals surface area contributed by atoms with Crippen LogP contribution in [0, 0.1) is 13.8 Å². The standard InChI is InChI=1S/C12H21NOSi/c1-8-6-13-11(12(3,4)5)10(7-14-15)9(8)2/h6H,7H2,1-5,15H3. The molecule has 0 saturated carbocycles. The molecule has 0 bridgehead atoms. The molecule has 15 heavy (non-hydrogen) atoms. The van der Waals surface area contributed by atoms with E-state index in [2.05, 4.69) is 39.6 Å². The quantitative estimate of drug-likeness (QED) is 0.713. The smallest absolute Gasteiger partial charge is 0.146 e. The van der Waals surface area contributed by atoms with Gasteiger partial charge in [-0.1, -0.05) is 20.8 Å². The molecule has 3 heteroatoms. The lowest BCUT2D eigenvalue weighted by atomic mass is 9.86. The van der Waals surface area contributed by atoms with E-state index in [-0.39, 0.29) is 5.41 Å². The minimum absolute atomic E-state index is 0.0911. The van der Waals surface area contributed by atoms with Gasteiger partial charge < -0.3 is 4.43 Å². The molecule has 0 aliphatic carbocycles. The summed E-state index contributed by atoms with van der Waals surface area (Å²) in [6.45, 7) is 11.6. The van der Waals surface area contributed by atoms with Crippen molar-refractivity contribution in [1.29, 1.82) is 0 Å². The lowest BCUT2D eigenvalue weighted by molar-refractivity contribution is 0.331. The molecule has 0 radical (unpaired) electrons. The zero-order valence-electron chi connectivity index (χ0n) is 10.6. The van der Waals surface area contributed by atoms with E-state index in [9.17, 15) is 0 Å². The largest absolute Gasteiger partial charge is 0.424 e. The Morgan fingerprint density at radius 3 is 2.40 bits per heavy atom. The fourth-order valence-electron chi connectivity index (χ4n) is 1.72. The molecule has 0 saturated heterocycles. The van der Waals surface area contributed by atoms with E-state index in [4.69, 9.17) is 4.43 Å². The maximum Gasteiger partial charge on any atom is 0.146 e. The first-order valence-electron chi connectivity index (χ1n) is 5.32. The number of pyridine rings is 1. The molecule has 84 valence electrons. The number of aryl methyl sites for hydroxylation is 1. The van der Waals surface area contributed by atoms with Crippen LogP contribution < -0.4 is 0 Å². The summed E-state index contributed by atoms with van der Waals surface area (Å²) < 4.78 is 5.40. The van der Waals surface area contributed by atoms with Gasteiger partial charge in [0.15, 0.2) is 0 Å². The van der Waals surface area contributed by atoms with Gasteiger partial charge in [-0.2, -0.15) is 0 Å². The van der Waals surface area contributed by atoms with Gasteiger partial charge in [0.05, 0.1) is 12.3 Å². The Bertz CT molecular complexity index is 355. The predicted molar refractivity (Wildman–Crippen MR) is 67.1 cm³/mol. The van der Waals surface area contributed by atoms with Gasteiger partial charge in [-0.15, -0.1) is 0 Å². The van der Waals surface area contributed by atoms with Crippen molar-refractivity contribution in [3.05, 3.63) is 28.6 Å². The summed E-state index contributed by atoms with van der Waals surface area (Å²) in [6, 6.07) is 0. The number of hydrogen-bond donors (Lipinski definition) is 0. The van der Waals surface area contributed by atoms with Crippen LogP contribution in [-0.4, -0.2) is 15.5 Å². The van der Waals surface area contributed by atoms with Crippen molar-refractivity contribution in [2.45, 2.75) is 46.6 Å². The summed E-state index contributed by atoms with van der Waals surface area (Å²) in [5.74, 6) is 0. The fourth-order valence-corrected chi connectivity index (χ4v) is 2.01. The Morgan fingerprint density at radius 1 is 1.33 bits per heavy atom. The number of rotatable bonds is 2. The molecule has 0 amide bonds. The van der Waals surface area contributed by atoms with E-state index >= 15 is 0 Å². The Kier molecular flexibility index (Phi) is 3.68. The normalized spacial score (nSPS) is 12.1. The summed E-state index contributed by atoms with van der Waals surface area (Å²) in [4.78, 5) is 4.56. The summed E-state index contributed by atoms with van der Waals surface area (Å²) in [5.41, 5.74) is 5.11. The highest BCUT2D eigenvalue weighted by molar-refractivity contribution is 5.97. The third-order valence-electron chi connectivity index (χ3n) is 2.72. The number of nitrogens with zero attached hydrogens (tertiary/aromatic N) is 1. The Morgan fingerprint density at radius 2 is 1.93 bits per heavy atom. The van der Waals surface area contributed by atoms with Crippen LogP contribution in [-0.2, 0) is 16.4 Å². The van der Waals surface area contributed by atoms with Crippen LogP contribution in [0.4, 0.5) is 0 Å². The van der Waals surface area contributed by atoms with Crippen LogP contribution in [0.5, 0.6) is 0 Å². The SMILES string of the molecule is Cc1cnc(C(C)(C)C)c(CO[SiH3])c1C. The van der Waals surface area contributed by atoms with Gasteiger partial charge in [-0.05, 0) is 25.0 Å². The van der Waals surface area contributed by atoms with Crippen LogP contribution in [0.2, 0.25) is 0 Å². The number of aromatic nitrogens is 1. The highest BCUT2D eigenvalue weighted by Gasteiger charge is 2.21. The Hall–Kier alpha value is -0.673. The third kappa shape index (κ3) is 2.67. The molecule has 0 spiro atoms. The van der Waals surface area contributed by atoms with Crippen LogP contribution >= 0.6 is 0 Å². The Labute approximate surface area is 95.6 Å². The minimum atomic E-state index is 0.0911. The molecular formula is C12H21NOSi. The first-order chi connectivity index (χ1) is 6.88. The molecule has 1 rings (SSSR count). The predicted octanol–water partition coefficient (Wildman–Crippen LogP) is 1.79. The topological polar surface area (TPSA) is 22.1 Å². The van der Waals surface area contributed by atoms with Gasteiger partial charge in [0.25, 0.3) is 0 Å². The van der Waals surface area contributed by atoms with E-state index in [1.807, 2.05) is 6.20 Å². The zero-order valence-corrected chi connectivity index (χ0v) is 12.6. The summed E-state index contributed by atoms with van der Waals surface area (Å²) in [6.07, 6.45) is 1.96. The molecule has 0 N–H and O–H groups in total. The monoisotopic (exact) mass is 223 g/mol. The fraction of sp³-hybridized carbons (Fsp3) is 0.583. The van der Waals surface area contributed by atoms with Crippen LogP contribution in [0.25, 0.3) is 0 Å². The molecule has 1 aromatic heterocycles. The molecule has 2 nitrogen and oxygen atoms in total. The lowest BCUT2D eigenvalue weighted by Crippen LogP contribution is -2.18. The minimum Gasteiger partial charge on any atom is -0.424 e. The van der Waals surface area contributed by atoms with E-state index in [1.165, 1.54) is 22.4 Å². The summed E-state index contributed by atoms with van der Waals surface area (Å²) in [5, 5.41) is 0. The Balaban J connectivity index is 3.33. The summed E-state index contributed by atoms with van der Waals surface area (Å²) in [7, 11) is 0.777. The maximum atomic E-state index is 5.40. The van der Waals surface area contributed by atoms with Crippen molar-refractivity contribution in [1.82, 2.24) is 4.98 Å². The van der Waals surface area contributed by atoms with Crippen LogP contribution in [0.15, 0.2) is 6.20 Å². The maximum absolute atomic E-state index is 5.40. The van der Waals surface area contributed by atoms with Crippen molar-refractivity contribution < 1.29 is 4.43 Å². The molecule has 0 atom stereocenters. The first kappa shape index (κ1) is 12.4. The van der Waals surface area contributed by atoms with Gasteiger partial charge in [0.2, 0.25) is 0 Å². The first-order valence-corrected chi connectivity index (χ1v) is 6.14. The average Bonchev–Trinajstić information content (AvgIpc) is 2.11. The average molecular weight is 223 g/mol. The lowest BCUT2D eigenvalue weighted by Gasteiger charge is -2.23. The molecule has 0 aromatic carbocycles. The van der Waals surface area contributed by atoms with E-state index in [1.54, 1.807) is 0 Å². The summed E-state index contributed by atoms with van der Waals surface area (Å²) >= 11 is 0. The zero-order chi connectivity index (χ0) is 11.6. The van der Waals surface area contributed by atoms with Crippen molar-refractivity contribution in [2.75, 3.05) is 0 Å². The molecule has 0 aliphatic rings. The molecule has 1 heterocycles. The van der Waals surface area contributed by atoms with Gasteiger partial charge in [0.1, 0.15) is 10.5 Å². The number of hydrogen-bond acceptors (Lipinski definition) is 2. The third-order valence-corrected chi connectivity index (χ3v) is 3.01. The molecule has 0 fully saturated rings. The molecular weight excluding hydrogens is 202 g/mol. The molecule has 0 unspecified atom stereocenters. The van der Waals surface area contributed by atoms with Crippen molar-refractivity contribution in [3.63, 3.8) is 0 Å². The van der Waals surface area contributed by atoms with Gasteiger partial charge in [0, 0.05) is 17.2 Å². The van der Waals surface area contributed by atoms with E-state index in [0.717, 1.165) is 10.5 Å². The van der Waals surface area contributed by atoms with Crippen LogP contribution in [0.3, 0.4) is 0 Å². The van der Waals surface area contributed by atoms with E-state index < -0.39 is 0 Å². The molecule has 0 aliphatic heterocycles. The second-order valence-corrected chi connectivity index (χ2v) is 5.65. The second-order valence-electron chi connectivity index (χ2n) is 5.08. The van der Waals surface area contributed by atoms with Crippen molar-refractivity contribution in [3.8, 4) is 0 Å². The van der Waals surface area contributed by atoms with Crippen LogP contribution in [0.1, 0.15) is 43.2 Å². The van der Waals surface area contributed by atoms with E-state index in [0.29, 0.717) is 6.61 Å². The highest BCUT2D eigenvalue weighted by atomic mass is 28.2. The van der Waals surface area contributed by atoms with Crippen molar-refractivity contribution >= 4 is 10.5 Å². The van der Waals surface area contributed by atoms with Gasteiger partial charge in [-0.25, -0.2) is 0 Å².